The number of carboxylic acids is 1. The van der Waals surface area contributed by atoms with Crippen LogP contribution in [0.5, 0.6) is 0 Å². The number of carboxylic acid groups (broad SMARTS) is 1. The average Bonchev–Trinajstić information content (AvgIpc) is 3.16. The Labute approximate surface area is 283 Å². The number of nitrogens with one attached hydrogen (secondary N) is 2. The van der Waals surface area contributed by atoms with E-state index in [1.54, 1.807) is 72.8 Å². The summed E-state index contributed by atoms with van der Waals surface area (Å²) in [7, 11) is 1.32. The summed E-state index contributed by atoms with van der Waals surface area (Å²) in [6.45, 7) is 0. The normalized spacial score (nSPS) is 10.1. The van der Waals surface area contributed by atoms with Crippen LogP contribution in [0.2, 0.25) is 0 Å². The standard InChI is InChI=1S/C21H17NO3.C20H15NO3/c1-25-21(24)18-13-12-17(15-8-4-2-5-9-15)14-19(18)22-20(23)16-10-6-3-7-11-16;22-19(15-9-5-2-6-10-15)21-18-13-16(11-12-17(18)20(23)24)14-7-3-1-4-8-14/h2-14H,1H3,(H,22,23);1-13H,(H,21,22)(H,23,24). The SMILES string of the molecule is COC(=O)c1ccc(-c2ccccc2)cc1NC(=O)c1ccccc1.O=C(Nc1cc(-c2ccccc2)ccc1C(=O)O)c1ccccc1. The van der Waals surface area contributed by atoms with E-state index in [1.165, 1.54) is 13.2 Å². The van der Waals surface area contributed by atoms with Crippen LogP contribution in [0.25, 0.3) is 22.3 Å². The minimum absolute atomic E-state index is 0.0546. The third kappa shape index (κ3) is 8.72. The highest BCUT2D eigenvalue weighted by Crippen LogP contribution is 2.28. The predicted octanol–water partition coefficient (Wildman–Crippen LogP) is 8.70. The van der Waals surface area contributed by atoms with E-state index >= 15 is 0 Å². The van der Waals surface area contributed by atoms with Gasteiger partial charge in [0.15, 0.2) is 0 Å². The van der Waals surface area contributed by atoms with E-state index in [0.717, 1.165) is 22.3 Å². The van der Waals surface area contributed by atoms with Crippen LogP contribution in [0.15, 0.2) is 158 Å². The molecule has 3 N–H and O–H groups in total. The number of amides is 2. The van der Waals surface area contributed by atoms with E-state index in [4.69, 9.17) is 4.74 Å². The van der Waals surface area contributed by atoms with Crippen molar-refractivity contribution in [2.45, 2.75) is 0 Å². The Kier molecular flexibility index (Phi) is 11.1. The highest BCUT2D eigenvalue weighted by atomic mass is 16.5. The van der Waals surface area contributed by atoms with Crippen molar-refractivity contribution < 1.29 is 29.0 Å². The monoisotopic (exact) mass is 648 g/mol. The smallest absolute Gasteiger partial charge is 0.339 e. The van der Waals surface area contributed by atoms with Crippen molar-refractivity contribution in [1.82, 2.24) is 0 Å². The summed E-state index contributed by atoms with van der Waals surface area (Å²) in [6, 6.07) is 47.1. The zero-order valence-corrected chi connectivity index (χ0v) is 26.5. The van der Waals surface area contributed by atoms with Gasteiger partial charge in [0.1, 0.15) is 0 Å². The Balaban J connectivity index is 0.000000191. The van der Waals surface area contributed by atoms with Crippen molar-refractivity contribution in [1.29, 1.82) is 0 Å². The van der Waals surface area contributed by atoms with E-state index in [1.807, 2.05) is 78.9 Å². The van der Waals surface area contributed by atoms with Crippen LogP contribution in [0, 0.1) is 0 Å². The maximum atomic E-state index is 12.5. The first kappa shape index (κ1) is 33.6. The van der Waals surface area contributed by atoms with Crippen LogP contribution < -0.4 is 10.6 Å². The highest BCUT2D eigenvalue weighted by Gasteiger charge is 2.17. The molecular formula is C41H32N2O6. The average molecular weight is 649 g/mol. The molecule has 0 atom stereocenters. The zero-order chi connectivity index (χ0) is 34.6. The van der Waals surface area contributed by atoms with Crippen molar-refractivity contribution in [2.75, 3.05) is 17.7 Å². The van der Waals surface area contributed by atoms with Crippen LogP contribution in [-0.4, -0.2) is 36.0 Å². The summed E-state index contributed by atoms with van der Waals surface area (Å²) >= 11 is 0. The van der Waals surface area contributed by atoms with Crippen LogP contribution in [0.1, 0.15) is 41.4 Å². The van der Waals surface area contributed by atoms with Crippen molar-refractivity contribution >= 4 is 35.1 Å². The molecule has 6 aromatic carbocycles. The summed E-state index contributed by atoms with van der Waals surface area (Å²) in [6.07, 6.45) is 0. The number of hydrogen-bond donors (Lipinski definition) is 3. The maximum absolute atomic E-state index is 12.5. The van der Waals surface area contributed by atoms with E-state index in [0.29, 0.717) is 22.4 Å². The number of methoxy groups -OCH3 is 1. The second kappa shape index (κ2) is 16.2. The van der Waals surface area contributed by atoms with Gasteiger partial charge in [0.25, 0.3) is 11.8 Å². The van der Waals surface area contributed by atoms with E-state index in [9.17, 15) is 24.3 Å². The van der Waals surface area contributed by atoms with Crippen molar-refractivity contribution in [3.05, 3.63) is 180 Å². The fraction of sp³-hybridized carbons (Fsp3) is 0.0244. The molecule has 0 heterocycles. The summed E-state index contributed by atoms with van der Waals surface area (Å²) in [5, 5.41) is 14.9. The van der Waals surface area contributed by atoms with Gasteiger partial charge in [0.2, 0.25) is 0 Å². The van der Waals surface area contributed by atoms with Crippen molar-refractivity contribution in [3.8, 4) is 22.3 Å². The van der Waals surface area contributed by atoms with Crippen LogP contribution in [0.4, 0.5) is 11.4 Å². The second-order valence-electron chi connectivity index (χ2n) is 10.7. The number of ether oxygens (including phenoxy) is 1. The molecule has 6 aromatic rings. The molecule has 8 nitrogen and oxygen atoms in total. The summed E-state index contributed by atoms with van der Waals surface area (Å²) in [4.78, 5) is 48.3. The van der Waals surface area contributed by atoms with Crippen LogP contribution in [-0.2, 0) is 4.74 Å². The molecule has 0 aliphatic heterocycles. The first-order chi connectivity index (χ1) is 23.8. The van der Waals surface area contributed by atoms with Crippen LogP contribution >= 0.6 is 0 Å². The number of anilines is 2. The molecule has 0 bridgehead atoms. The molecule has 0 radical (unpaired) electrons. The maximum Gasteiger partial charge on any atom is 0.339 e. The molecule has 0 fully saturated rings. The number of aromatic carboxylic acids is 1. The molecule has 0 aliphatic rings. The molecule has 242 valence electrons. The fourth-order valence-electron chi connectivity index (χ4n) is 4.96. The van der Waals surface area contributed by atoms with Gasteiger partial charge in [-0.2, -0.15) is 0 Å². The molecule has 0 unspecified atom stereocenters. The third-order valence-electron chi connectivity index (χ3n) is 7.46. The molecule has 8 heteroatoms. The topological polar surface area (TPSA) is 122 Å². The highest BCUT2D eigenvalue weighted by molar-refractivity contribution is 6.09. The Hall–Kier alpha value is -6.80. The summed E-state index contributed by atoms with van der Waals surface area (Å²) < 4.78 is 4.82. The molecule has 6 rings (SSSR count). The Morgan fingerprint density at radius 3 is 1.22 bits per heavy atom. The Morgan fingerprint density at radius 1 is 0.469 bits per heavy atom. The van der Waals surface area contributed by atoms with Gasteiger partial charge in [-0.05, 0) is 70.8 Å². The van der Waals surface area contributed by atoms with Gasteiger partial charge in [-0.3, -0.25) is 9.59 Å². The van der Waals surface area contributed by atoms with Gasteiger partial charge < -0.3 is 20.5 Å². The molecule has 0 spiro atoms. The van der Waals surface area contributed by atoms with Gasteiger partial charge in [0, 0.05) is 11.1 Å². The summed E-state index contributed by atoms with van der Waals surface area (Å²) in [5.74, 6) is -2.21. The zero-order valence-electron chi connectivity index (χ0n) is 26.5. The number of carbonyl (C=O) groups excluding carboxylic acids is 3. The van der Waals surface area contributed by atoms with Gasteiger partial charge in [-0.1, -0.05) is 109 Å². The van der Waals surface area contributed by atoms with E-state index < -0.39 is 11.9 Å². The number of rotatable bonds is 8. The lowest BCUT2D eigenvalue weighted by molar-refractivity contribution is 0.0600. The lowest BCUT2D eigenvalue weighted by Gasteiger charge is -2.12. The predicted molar refractivity (Wildman–Crippen MR) is 191 cm³/mol. The summed E-state index contributed by atoms with van der Waals surface area (Å²) in [5.41, 5.74) is 5.73. The lowest BCUT2D eigenvalue weighted by Crippen LogP contribution is -2.15. The van der Waals surface area contributed by atoms with E-state index in [-0.39, 0.29) is 23.1 Å². The number of hydrogen-bond acceptors (Lipinski definition) is 5. The minimum Gasteiger partial charge on any atom is -0.478 e. The second-order valence-corrected chi connectivity index (χ2v) is 10.7. The molecule has 0 saturated heterocycles. The van der Waals surface area contributed by atoms with E-state index in [2.05, 4.69) is 10.6 Å². The lowest BCUT2D eigenvalue weighted by atomic mass is 10.0. The molecule has 0 aliphatic carbocycles. The third-order valence-corrected chi connectivity index (χ3v) is 7.46. The fourth-order valence-corrected chi connectivity index (χ4v) is 4.96. The van der Waals surface area contributed by atoms with Gasteiger partial charge in [-0.25, -0.2) is 9.59 Å². The first-order valence-corrected chi connectivity index (χ1v) is 15.3. The molecule has 2 amide bonds. The van der Waals surface area contributed by atoms with Crippen molar-refractivity contribution in [2.24, 2.45) is 0 Å². The van der Waals surface area contributed by atoms with Crippen molar-refractivity contribution in [3.63, 3.8) is 0 Å². The largest absolute Gasteiger partial charge is 0.478 e. The van der Waals surface area contributed by atoms with Gasteiger partial charge >= 0.3 is 11.9 Å². The number of esters is 1. The molecule has 0 saturated carbocycles. The Morgan fingerprint density at radius 2 is 0.837 bits per heavy atom. The van der Waals surface area contributed by atoms with Crippen LogP contribution in [0.3, 0.4) is 0 Å². The minimum atomic E-state index is -1.09. The molecule has 49 heavy (non-hydrogen) atoms. The number of carbonyl (C=O) groups is 4. The molecular weight excluding hydrogens is 616 g/mol. The quantitative estimate of drug-likeness (QED) is 0.142. The van der Waals surface area contributed by atoms with Gasteiger partial charge in [0.05, 0.1) is 29.6 Å². The molecule has 0 aromatic heterocycles. The first-order valence-electron chi connectivity index (χ1n) is 15.3. The van der Waals surface area contributed by atoms with Gasteiger partial charge in [-0.15, -0.1) is 0 Å². The Bertz CT molecular complexity index is 2070. The number of benzene rings is 6.